The topological polar surface area (TPSA) is 84.6 Å². The fourth-order valence-electron chi connectivity index (χ4n) is 2.09. The van der Waals surface area contributed by atoms with Crippen molar-refractivity contribution in [2.75, 3.05) is 13.1 Å². The number of carbonyl (C=O) groups excluding carboxylic acids is 1. The lowest BCUT2D eigenvalue weighted by molar-refractivity contribution is -0.133. The van der Waals surface area contributed by atoms with E-state index in [1.165, 1.54) is 0 Å². The molecular formula is C12H24N2O3. The third-order valence-electron chi connectivity index (χ3n) is 3.09. The predicted octanol–water partition coefficient (Wildman–Crippen LogP) is 0.160. The standard InChI is InChI=1S/C12H24N2O3/c1-3-6-12(2,16)8-14-11(15)10-5-4-9(7-13)17-10/h9-10,16H,3-8,13H2,1-2H3,(H,14,15). The van der Waals surface area contributed by atoms with Crippen LogP contribution in [0.15, 0.2) is 0 Å². The lowest BCUT2D eigenvalue weighted by Gasteiger charge is -2.23. The average molecular weight is 244 g/mol. The highest BCUT2D eigenvalue weighted by Crippen LogP contribution is 2.19. The van der Waals surface area contributed by atoms with Gasteiger partial charge in [0.1, 0.15) is 6.10 Å². The Labute approximate surface area is 103 Å². The van der Waals surface area contributed by atoms with E-state index in [0.717, 1.165) is 12.8 Å². The molecule has 0 aliphatic carbocycles. The zero-order valence-corrected chi connectivity index (χ0v) is 10.7. The molecule has 1 aliphatic rings. The van der Waals surface area contributed by atoms with E-state index in [2.05, 4.69) is 5.32 Å². The van der Waals surface area contributed by atoms with Crippen molar-refractivity contribution in [1.29, 1.82) is 0 Å². The molecule has 0 bridgehead atoms. The molecule has 1 heterocycles. The van der Waals surface area contributed by atoms with Crippen LogP contribution in [0.1, 0.15) is 39.5 Å². The molecule has 4 N–H and O–H groups in total. The Morgan fingerprint density at radius 3 is 2.82 bits per heavy atom. The van der Waals surface area contributed by atoms with Gasteiger partial charge in [-0.05, 0) is 26.2 Å². The summed E-state index contributed by atoms with van der Waals surface area (Å²) in [5.41, 5.74) is 4.65. The van der Waals surface area contributed by atoms with Gasteiger partial charge in [0.25, 0.3) is 0 Å². The van der Waals surface area contributed by atoms with Crippen LogP contribution in [-0.2, 0) is 9.53 Å². The van der Waals surface area contributed by atoms with Crippen LogP contribution < -0.4 is 11.1 Å². The minimum absolute atomic E-state index is 0.00176. The van der Waals surface area contributed by atoms with Crippen molar-refractivity contribution in [1.82, 2.24) is 5.32 Å². The number of aliphatic hydroxyl groups is 1. The van der Waals surface area contributed by atoms with E-state index in [4.69, 9.17) is 10.5 Å². The normalized spacial score (nSPS) is 27.8. The Hall–Kier alpha value is -0.650. The molecule has 3 unspecified atom stereocenters. The van der Waals surface area contributed by atoms with E-state index in [0.29, 0.717) is 19.4 Å². The first-order chi connectivity index (χ1) is 7.98. The highest BCUT2D eigenvalue weighted by atomic mass is 16.5. The van der Waals surface area contributed by atoms with Crippen LogP contribution >= 0.6 is 0 Å². The fraction of sp³-hybridized carbons (Fsp3) is 0.917. The number of rotatable bonds is 6. The Balaban J connectivity index is 2.30. The maximum Gasteiger partial charge on any atom is 0.249 e. The van der Waals surface area contributed by atoms with Crippen LogP contribution in [0.3, 0.4) is 0 Å². The molecule has 1 saturated heterocycles. The van der Waals surface area contributed by atoms with Crippen LogP contribution in [0.4, 0.5) is 0 Å². The van der Waals surface area contributed by atoms with Crippen LogP contribution in [0, 0.1) is 0 Å². The van der Waals surface area contributed by atoms with Gasteiger partial charge in [-0.3, -0.25) is 4.79 Å². The summed E-state index contributed by atoms with van der Waals surface area (Å²) >= 11 is 0. The molecule has 0 aromatic carbocycles. The van der Waals surface area contributed by atoms with Crippen LogP contribution in [0.25, 0.3) is 0 Å². The molecule has 1 rings (SSSR count). The quantitative estimate of drug-likeness (QED) is 0.621. The van der Waals surface area contributed by atoms with Crippen molar-refractivity contribution in [3.05, 3.63) is 0 Å². The summed E-state index contributed by atoms with van der Waals surface area (Å²) in [5.74, 6) is -0.141. The van der Waals surface area contributed by atoms with Gasteiger partial charge in [-0.25, -0.2) is 0 Å². The minimum atomic E-state index is -0.837. The number of amides is 1. The summed E-state index contributed by atoms with van der Waals surface area (Å²) in [4.78, 5) is 11.8. The molecule has 0 radical (unpaired) electrons. The Kier molecular flexibility index (Phi) is 5.36. The molecule has 1 aliphatic heterocycles. The maximum atomic E-state index is 11.8. The highest BCUT2D eigenvalue weighted by Gasteiger charge is 2.30. The SMILES string of the molecule is CCCC(C)(O)CNC(=O)C1CCC(CN)O1. The second-order valence-electron chi connectivity index (χ2n) is 5.02. The first kappa shape index (κ1) is 14.4. The van der Waals surface area contributed by atoms with Crippen molar-refractivity contribution in [3.8, 4) is 0 Å². The van der Waals surface area contributed by atoms with Gasteiger partial charge >= 0.3 is 0 Å². The highest BCUT2D eigenvalue weighted by molar-refractivity contribution is 5.81. The van der Waals surface area contributed by atoms with E-state index in [-0.39, 0.29) is 18.6 Å². The molecule has 100 valence electrons. The number of carbonyl (C=O) groups is 1. The fourth-order valence-corrected chi connectivity index (χ4v) is 2.09. The Bertz CT molecular complexity index is 256. The van der Waals surface area contributed by atoms with E-state index in [1.54, 1.807) is 6.92 Å². The molecular weight excluding hydrogens is 220 g/mol. The predicted molar refractivity (Wildman–Crippen MR) is 65.5 cm³/mol. The maximum absolute atomic E-state index is 11.8. The van der Waals surface area contributed by atoms with Gasteiger partial charge in [-0.15, -0.1) is 0 Å². The largest absolute Gasteiger partial charge is 0.388 e. The minimum Gasteiger partial charge on any atom is -0.388 e. The molecule has 3 atom stereocenters. The third-order valence-corrected chi connectivity index (χ3v) is 3.09. The van der Waals surface area contributed by atoms with Gasteiger partial charge in [0.15, 0.2) is 0 Å². The second-order valence-corrected chi connectivity index (χ2v) is 5.02. The summed E-state index contributed by atoms with van der Waals surface area (Å²) in [6.07, 6.45) is 2.70. The first-order valence-corrected chi connectivity index (χ1v) is 6.34. The molecule has 0 aromatic rings. The van der Waals surface area contributed by atoms with E-state index < -0.39 is 11.7 Å². The van der Waals surface area contributed by atoms with Crippen molar-refractivity contribution in [2.45, 2.75) is 57.3 Å². The molecule has 0 aromatic heterocycles. The van der Waals surface area contributed by atoms with Crippen molar-refractivity contribution >= 4 is 5.91 Å². The summed E-state index contributed by atoms with van der Waals surface area (Å²) in [6.45, 7) is 4.46. The molecule has 1 amide bonds. The van der Waals surface area contributed by atoms with E-state index in [1.807, 2.05) is 6.92 Å². The molecule has 1 fully saturated rings. The van der Waals surface area contributed by atoms with Gasteiger partial charge < -0.3 is 20.9 Å². The van der Waals surface area contributed by atoms with Crippen LogP contribution in [-0.4, -0.2) is 41.9 Å². The number of hydrogen-bond acceptors (Lipinski definition) is 4. The molecule has 5 heteroatoms. The van der Waals surface area contributed by atoms with Crippen molar-refractivity contribution in [3.63, 3.8) is 0 Å². The van der Waals surface area contributed by atoms with Crippen molar-refractivity contribution < 1.29 is 14.6 Å². The first-order valence-electron chi connectivity index (χ1n) is 6.34. The number of nitrogens with one attached hydrogen (secondary N) is 1. The van der Waals surface area contributed by atoms with Crippen LogP contribution in [0.2, 0.25) is 0 Å². The lowest BCUT2D eigenvalue weighted by Crippen LogP contribution is -2.44. The summed E-state index contributed by atoms with van der Waals surface area (Å²) in [6, 6.07) is 0. The van der Waals surface area contributed by atoms with E-state index in [9.17, 15) is 9.90 Å². The Morgan fingerprint density at radius 2 is 2.29 bits per heavy atom. The second kappa shape index (κ2) is 6.33. The smallest absolute Gasteiger partial charge is 0.249 e. The van der Waals surface area contributed by atoms with Gasteiger partial charge in [-0.1, -0.05) is 13.3 Å². The molecule has 0 saturated carbocycles. The molecule has 0 spiro atoms. The number of nitrogens with two attached hydrogens (primary N) is 1. The monoisotopic (exact) mass is 244 g/mol. The zero-order chi connectivity index (χ0) is 12.9. The van der Waals surface area contributed by atoms with Gasteiger partial charge in [0.05, 0.1) is 11.7 Å². The molecule has 5 nitrogen and oxygen atoms in total. The van der Waals surface area contributed by atoms with E-state index >= 15 is 0 Å². The third kappa shape index (κ3) is 4.61. The van der Waals surface area contributed by atoms with Gasteiger partial charge in [0.2, 0.25) is 5.91 Å². The van der Waals surface area contributed by atoms with Gasteiger partial charge in [0, 0.05) is 13.1 Å². The Morgan fingerprint density at radius 1 is 1.59 bits per heavy atom. The zero-order valence-electron chi connectivity index (χ0n) is 10.7. The van der Waals surface area contributed by atoms with Crippen molar-refractivity contribution in [2.24, 2.45) is 5.73 Å². The van der Waals surface area contributed by atoms with Gasteiger partial charge in [-0.2, -0.15) is 0 Å². The summed E-state index contributed by atoms with van der Waals surface area (Å²) < 4.78 is 5.48. The van der Waals surface area contributed by atoms with Crippen LogP contribution in [0.5, 0.6) is 0 Å². The summed E-state index contributed by atoms with van der Waals surface area (Å²) in [5, 5.41) is 12.7. The summed E-state index contributed by atoms with van der Waals surface area (Å²) in [7, 11) is 0. The number of ether oxygens (including phenoxy) is 1. The number of hydrogen-bond donors (Lipinski definition) is 3. The lowest BCUT2D eigenvalue weighted by atomic mass is 10.0. The molecule has 17 heavy (non-hydrogen) atoms. The average Bonchev–Trinajstić information content (AvgIpc) is 2.74.